The first-order chi connectivity index (χ1) is 14.0. The highest BCUT2D eigenvalue weighted by atomic mass is 16.4. The smallest absolute Gasteiger partial charge is 0.303 e. The van der Waals surface area contributed by atoms with Crippen LogP contribution in [0.3, 0.4) is 0 Å². The van der Waals surface area contributed by atoms with E-state index in [1.165, 1.54) is 33.4 Å². The molecule has 0 aromatic heterocycles. The van der Waals surface area contributed by atoms with Crippen LogP contribution < -0.4 is 5.32 Å². The highest BCUT2D eigenvalue weighted by molar-refractivity contribution is 5.71. The van der Waals surface area contributed by atoms with Gasteiger partial charge in [-0.3, -0.25) is 4.79 Å². The Hall–Kier alpha value is -3.07. The molecule has 1 atom stereocenters. The third kappa shape index (κ3) is 4.19. The molecule has 0 radical (unpaired) electrons. The van der Waals surface area contributed by atoms with E-state index in [9.17, 15) is 4.79 Å². The minimum Gasteiger partial charge on any atom is -0.481 e. The Bertz CT molecular complexity index is 1030. The Morgan fingerprint density at radius 2 is 1.79 bits per heavy atom. The fraction of sp³-hybridized carbons (Fsp3) is 0.269. The number of hydrogen-bond donors (Lipinski definition) is 2. The van der Waals surface area contributed by atoms with Crippen LogP contribution in [0.1, 0.15) is 46.7 Å². The summed E-state index contributed by atoms with van der Waals surface area (Å²) in [6, 6.07) is 21.9. The van der Waals surface area contributed by atoms with Gasteiger partial charge in [-0.25, -0.2) is 0 Å². The molecule has 4 rings (SSSR count). The maximum Gasteiger partial charge on any atom is 0.303 e. The number of carboxylic acid groups (broad SMARTS) is 1. The molecule has 0 saturated carbocycles. The van der Waals surface area contributed by atoms with Crippen molar-refractivity contribution in [2.24, 2.45) is 0 Å². The van der Waals surface area contributed by atoms with E-state index in [0.29, 0.717) is 6.42 Å². The van der Waals surface area contributed by atoms with Crippen molar-refractivity contribution in [2.75, 3.05) is 5.32 Å². The van der Waals surface area contributed by atoms with Crippen LogP contribution in [0.4, 0.5) is 5.69 Å². The quantitative estimate of drug-likeness (QED) is 0.559. The number of rotatable bonds is 5. The lowest BCUT2D eigenvalue weighted by molar-refractivity contribution is -0.136. The van der Waals surface area contributed by atoms with E-state index < -0.39 is 5.97 Å². The van der Waals surface area contributed by atoms with Gasteiger partial charge in [-0.05, 0) is 84.2 Å². The Morgan fingerprint density at radius 1 is 1.03 bits per heavy atom. The molecule has 1 unspecified atom stereocenters. The average Bonchev–Trinajstić information content (AvgIpc) is 2.72. The van der Waals surface area contributed by atoms with Crippen LogP contribution in [0, 0.1) is 13.8 Å². The summed E-state index contributed by atoms with van der Waals surface area (Å²) in [5, 5.41) is 12.6. The highest BCUT2D eigenvalue weighted by Crippen LogP contribution is 2.35. The Kier molecular flexibility index (Phi) is 5.39. The van der Waals surface area contributed by atoms with Gasteiger partial charge < -0.3 is 10.4 Å². The topological polar surface area (TPSA) is 49.3 Å². The van der Waals surface area contributed by atoms with Crippen molar-refractivity contribution in [1.29, 1.82) is 0 Å². The molecule has 0 fully saturated rings. The molecule has 3 aromatic rings. The van der Waals surface area contributed by atoms with Crippen LogP contribution in [0.2, 0.25) is 0 Å². The molecule has 1 aliphatic heterocycles. The Balaban J connectivity index is 1.56. The van der Waals surface area contributed by atoms with Crippen LogP contribution in [-0.4, -0.2) is 11.1 Å². The van der Waals surface area contributed by atoms with Crippen molar-refractivity contribution >= 4 is 11.7 Å². The second-order valence-electron chi connectivity index (χ2n) is 8.01. The number of anilines is 1. The molecule has 0 spiro atoms. The fourth-order valence-electron chi connectivity index (χ4n) is 4.39. The first kappa shape index (κ1) is 19.3. The standard InChI is InChI=1S/C26H27NO2/c1-17-5-3-6-18(2)26(17)22-8-4-7-20(16-22)24-13-11-21-15-19(10-14-25(28)29)9-12-23(21)27-24/h3-9,12,15-16,24,27H,10-11,13-14H2,1-2H3,(H,28,29). The van der Waals surface area contributed by atoms with Crippen LogP contribution in [0.15, 0.2) is 60.7 Å². The molecule has 148 valence electrons. The van der Waals surface area contributed by atoms with Crippen LogP contribution >= 0.6 is 0 Å². The van der Waals surface area contributed by atoms with Gasteiger partial charge in [-0.15, -0.1) is 0 Å². The molecule has 1 aliphatic rings. The predicted molar refractivity (Wildman–Crippen MR) is 118 cm³/mol. The minimum absolute atomic E-state index is 0.181. The minimum atomic E-state index is -0.746. The van der Waals surface area contributed by atoms with Gasteiger partial charge in [0.05, 0.1) is 6.04 Å². The normalized spacial score (nSPS) is 15.4. The first-order valence-electron chi connectivity index (χ1n) is 10.3. The molecule has 3 aromatic carbocycles. The van der Waals surface area contributed by atoms with E-state index >= 15 is 0 Å². The van der Waals surface area contributed by atoms with E-state index in [0.717, 1.165) is 24.1 Å². The van der Waals surface area contributed by atoms with E-state index in [-0.39, 0.29) is 12.5 Å². The highest BCUT2D eigenvalue weighted by Gasteiger charge is 2.20. The fourth-order valence-corrected chi connectivity index (χ4v) is 4.39. The van der Waals surface area contributed by atoms with Crippen molar-refractivity contribution < 1.29 is 9.90 Å². The summed E-state index contributed by atoms with van der Waals surface area (Å²) in [7, 11) is 0. The number of carbonyl (C=O) groups is 1. The van der Waals surface area contributed by atoms with Gasteiger partial charge in [0, 0.05) is 12.1 Å². The summed E-state index contributed by atoms with van der Waals surface area (Å²) in [6.07, 6.45) is 2.80. The second kappa shape index (κ2) is 8.12. The molecule has 0 aliphatic carbocycles. The van der Waals surface area contributed by atoms with E-state index in [1.807, 2.05) is 6.07 Å². The third-order valence-corrected chi connectivity index (χ3v) is 5.89. The zero-order chi connectivity index (χ0) is 20.4. The van der Waals surface area contributed by atoms with Gasteiger partial charge >= 0.3 is 5.97 Å². The van der Waals surface area contributed by atoms with E-state index in [4.69, 9.17) is 5.11 Å². The monoisotopic (exact) mass is 385 g/mol. The van der Waals surface area contributed by atoms with Gasteiger partial charge in [0.1, 0.15) is 0 Å². The Morgan fingerprint density at radius 3 is 2.55 bits per heavy atom. The van der Waals surface area contributed by atoms with Crippen molar-refractivity contribution in [3.63, 3.8) is 0 Å². The van der Waals surface area contributed by atoms with Crippen molar-refractivity contribution in [1.82, 2.24) is 0 Å². The summed E-state index contributed by atoms with van der Waals surface area (Å²) in [5.41, 5.74) is 10.1. The third-order valence-electron chi connectivity index (χ3n) is 5.89. The largest absolute Gasteiger partial charge is 0.481 e. The molecule has 0 bridgehead atoms. The first-order valence-corrected chi connectivity index (χ1v) is 10.3. The van der Waals surface area contributed by atoms with Crippen molar-refractivity contribution in [3.05, 3.63) is 88.5 Å². The molecule has 3 heteroatoms. The number of aryl methyl sites for hydroxylation is 4. The molecular weight excluding hydrogens is 358 g/mol. The zero-order valence-corrected chi connectivity index (χ0v) is 17.0. The summed E-state index contributed by atoms with van der Waals surface area (Å²) < 4.78 is 0. The molecule has 3 nitrogen and oxygen atoms in total. The molecule has 2 N–H and O–H groups in total. The van der Waals surface area contributed by atoms with E-state index in [1.54, 1.807) is 0 Å². The number of fused-ring (bicyclic) bond motifs is 1. The zero-order valence-electron chi connectivity index (χ0n) is 17.0. The molecule has 1 heterocycles. The number of hydrogen-bond acceptors (Lipinski definition) is 2. The molecule has 0 amide bonds. The lowest BCUT2D eigenvalue weighted by atomic mass is 9.89. The number of carboxylic acids is 1. The van der Waals surface area contributed by atoms with E-state index in [2.05, 4.69) is 73.8 Å². The van der Waals surface area contributed by atoms with Crippen molar-refractivity contribution in [3.8, 4) is 11.1 Å². The summed E-state index contributed by atoms with van der Waals surface area (Å²) in [6.45, 7) is 4.35. The van der Waals surface area contributed by atoms with Gasteiger partial charge in [-0.1, -0.05) is 48.5 Å². The maximum absolute atomic E-state index is 10.8. The van der Waals surface area contributed by atoms with Gasteiger partial charge in [0.2, 0.25) is 0 Å². The van der Waals surface area contributed by atoms with Gasteiger partial charge in [0.15, 0.2) is 0 Å². The van der Waals surface area contributed by atoms with Crippen molar-refractivity contribution in [2.45, 2.75) is 45.6 Å². The summed E-state index contributed by atoms with van der Waals surface area (Å²) >= 11 is 0. The summed E-state index contributed by atoms with van der Waals surface area (Å²) in [4.78, 5) is 10.8. The second-order valence-corrected chi connectivity index (χ2v) is 8.01. The number of nitrogens with one attached hydrogen (secondary N) is 1. The van der Waals surface area contributed by atoms with Gasteiger partial charge in [0.25, 0.3) is 0 Å². The predicted octanol–water partition coefficient (Wildman–Crippen LogP) is 6.09. The number of aliphatic carboxylic acids is 1. The lowest BCUT2D eigenvalue weighted by Crippen LogP contribution is -2.18. The average molecular weight is 386 g/mol. The maximum atomic E-state index is 10.8. The number of benzene rings is 3. The van der Waals surface area contributed by atoms with Crippen LogP contribution in [0.5, 0.6) is 0 Å². The molecule has 29 heavy (non-hydrogen) atoms. The summed E-state index contributed by atoms with van der Waals surface area (Å²) in [5.74, 6) is -0.746. The van der Waals surface area contributed by atoms with Crippen LogP contribution in [-0.2, 0) is 17.6 Å². The van der Waals surface area contributed by atoms with Gasteiger partial charge in [-0.2, -0.15) is 0 Å². The lowest BCUT2D eigenvalue weighted by Gasteiger charge is -2.28. The van der Waals surface area contributed by atoms with Crippen LogP contribution in [0.25, 0.3) is 11.1 Å². The SMILES string of the molecule is Cc1cccc(C)c1-c1cccc(C2CCc3cc(CCC(=O)O)ccc3N2)c1. The Labute approximate surface area is 172 Å². The molecular formula is C26H27NO2. The molecule has 0 saturated heterocycles.